The van der Waals surface area contributed by atoms with Gasteiger partial charge in [0.05, 0.1) is 17.5 Å². The molecule has 1 fully saturated rings. The molecule has 0 radical (unpaired) electrons. The average Bonchev–Trinajstić information content (AvgIpc) is 2.82. The number of ether oxygens (including phenoxy) is 2. The van der Waals surface area contributed by atoms with Crippen LogP contribution in [0, 0.1) is 0 Å². The number of benzene rings is 3. The van der Waals surface area contributed by atoms with E-state index in [9.17, 15) is 0 Å². The number of rotatable bonds is 7. The topological polar surface area (TPSA) is 24.9 Å². The lowest BCUT2D eigenvalue weighted by Crippen LogP contribution is -2.24. The van der Waals surface area contributed by atoms with Crippen LogP contribution in [0.5, 0.6) is 5.75 Å². The monoisotopic (exact) mass is 449 g/mol. The van der Waals surface area contributed by atoms with Crippen molar-refractivity contribution in [1.29, 1.82) is 0 Å². The SMILES string of the molecule is CN(C)c1ccc([S+](c2ccc(OC3CCCCO3)cc2)c2ccc(N(C)C)cc2)cc1. The summed E-state index contributed by atoms with van der Waals surface area (Å²) in [7, 11) is 8.10. The highest BCUT2D eigenvalue weighted by molar-refractivity contribution is 7.97. The molecule has 168 valence electrons. The fourth-order valence-corrected chi connectivity index (χ4v) is 5.82. The van der Waals surface area contributed by atoms with E-state index in [2.05, 4.69) is 111 Å². The Bertz CT molecular complexity index is 928. The van der Waals surface area contributed by atoms with Gasteiger partial charge in [-0.25, -0.2) is 0 Å². The summed E-state index contributed by atoms with van der Waals surface area (Å²) < 4.78 is 11.8. The van der Waals surface area contributed by atoms with E-state index in [1.807, 2.05) is 0 Å². The first-order chi connectivity index (χ1) is 15.5. The van der Waals surface area contributed by atoms with E-state index >= 15 is 0 Å². The number of nitrogens with zero attached hydrogens (tertiary/aromatic N) is 2. The molecule has 1 aliphatic rings. The Morgan fingerprint density at radius 3 is 1.56 bits per heavy atom. The summed E-state index contributed by atoms with van der Waals surface area (Å²) in [6.45, 7) is 0.790. The maximum atomic E-state index is 6.06. The predicted molar refractivity (Wildman–Crippen MR) is 134 cm³/mol. The van der Waals surface area contributed by atoms with Gasteiger partial charge in [-0.3, -0.25) is 0 Å². The summed E-state index contributed by atoms with van der Waals surface area (Å²) in [6, 6.07) is 26.3. The lowest BCUT2D eigenvalue weighted by molar-refractivity contribution is -0.105. The van der Waals surface area contributed by atoms with Crippen LogP contribution in [0.2, 0.25) is 0 Å². The minimum absolute atomic E-state index is 0.120. The molecule has 1 aliphatic heterocycles. The van der Waals surface area contributed by atoms with Crippen LogP contribution < -0.4 is 14.5 Å². The van der Waals surface area contributed by atoms with Crippen molar-refractivity contribution in [3.05, 3.63) is 72.8 Å². The summed E-state index contributed by atoms with van der Waals surface area (Å²) in [4.78, 5) is 8.15. The number of hydrogen-bond acceptors (Lipinski definition) is 4. The zero-order chi connectivity index (χ0) is 22.5. The van der Waals surface area contributed by atoms with E-state index < -0.39 is 0 Å². The van der Waals surface area contributed by atoms with E-state index in [1.165, 1.54) is 26.1 Å². The first-order valence-electron chi connectivity index (χ1n) is 11.2. The van der Waals surface area contributed by atoms with Gasteiger partial charge >= 0.3 is 0 Å². The van der Waals surface area contributed by atoms with Crippen molar-refractivity contribution < 1.29 is 9.47 Å². The maximum Gasteiger partial charge on any atom is 0.199 e. The molecule has 0 bridgehead atoms. The van der Waals surface area contributed by atoms with Crippen molar-refractivity contribution >= 4 is 22.3 Å². The minimum atomic E-state index is -0.196. The molecule has 1 unspecified atom stereocenters. The van der Waals surface area contributed by atoms with Crippen LogP contribution in [-0.2, 0) is 15.6 Å². The molecule has 1 heterocycles. The molecule has 0 aromatic heterocycles. The van der Waals surface area contributed by atoms with Gasteiger partial charge in [-0.05, 0) is 85.6 Å². The lowest BCUT2D eigenvalue weighted by Gasteiger charge is -2.23. The summed E-state index contributed by atoms with van der Waals surface area (Å²) >= 11 is 0. The standard InChI is InChI=1S/C27H33N2O2S/c1-28(2)21-8-14-24(15-9-21)32(25-16-10-22(11-17-25)29(3)4)26-18-12-23(13-19-26)31-27-7-5-6-20-30-27/h8-19,27H,5-7,20H2,1-4H3/q+1. The molecular weight excluding hydrogens is 416 g/mol. The van der Waals surface area contributed by atoms with Crippen molar-refractivity contribution in [2.45, 2.75) is 40.2 Å². The van der Waals surface area contributed by atoms with Gasteiger partial charge in [-0.15, -0.1) is 0 Å². The second-order valence-electron chi connectivity index (χ2n) is 8.47. The van der Waals surface area contributed by atoms with Gasteiger partial charge in [-0.2, -0.15) is 0 Å². The van der Waals surface area contributed by atoms with Gasteiger partial charge in [-0.1, -0.05) is 0 Å². The molecule has 1 saturated heterocycles. The summed E-state index contributed by atoms with van der Waals surface area (Å²) in [6.07, 6.45) is 3.13. The molecule has 0 saturated carbocycles. The second kappa shape index (κ2) is 10.3. The highest BCUT2D eigenvalue weighted by atomic mass is 32.2. The molecule has 0 aliphatic carbocycles. The highest BCUT2D eigenvalue weighted by Crippen LogP contribution is 2.34. The zero-order valence-corrected chi connectivity index (χ0v) is 20.3. The molecule has 0 spiro atoms. The van der Waals surface area contributed by atoms with E-state index in [4.69, 9.17) is 9.47 Å². The van der Waals surface area contributed by atoms with Gasteiger partial charge in [0, 0.05) is 46.0 Å². The molecule has 0 N–H and O–H groups in total. The molecule has 3 aromatic carbocycles. The van der Waals surface area contributed by atoms with Crippen molar-refractivity contribution in [1.82, 2.24) is 0 Å². The molecule has 0 amide bonds. The Morgan fingerprint density at radius 1 is 0.688 bits per heavy atom. The van der Waals surface area contributed by atoms with Crippen molar-refractivity contribution in [3.63, 3.8) is 0 Å². The molecule has 32 heavy (non-hydrogen) atoms. The van der Waals surface area contributed by atoms with Gasteiger partial charge in [0.15, 0.2) is 21.0 Å². The first kappa shape index (κ1) is 22.6. The zero-order valence-electron chi connectivity index (χ0n) is 19.5. The van der Waals surface area contributed by atoms with Crippen LogP contribution in [-0.4, -0.2) is 41.1 Å². The van der Waals surface area contributed by atoms with Crippen LogP contribution in [0.4, 0.5) is 11.4 Å². The van der Waals surface area contributed by atoms with Gasteiger partial charge in [0.25, 0.3) is 0 Å². The van der Waals surface area contributed by atoms with Gasteiger partial charge in [0.2, 0.25) is 0 Å². The van der Waals surface area contributed by atoms with Crippen molar-refractivity contribution in [2.75, 3.05) is 44.6 Å². The first-order valence-corrected chi connectivity index (χ1v) is 12.4. The van der Waals surface area contributed by atoms with Crippen LogP contribution in [0.3, 0.4) is 0 Å². The molecule has 4 rings (SSSR count). The number of anilines is 2. The van der Waals surface area contributed by atoms with E-state index in [0.717, 1.165) is 31.6 Å². The predicted octanol–water partition coefficient (Wildman–Crippen LogP) is 5.82. The second-order valence-corrected chi connectivity index (χ2v) is 10.5. The van der Waals surface area contributed by atoms with Crippen LogP contribution in [0.15, 0.2) is 87.5 Å². The Morgan fingerprint density at radius 2 is 1.16 bits per heavy atom. The van der Waals surface area contributed by atoms with Crippen LogP contribution in [0.25, 0.3) is 0 Å². The molecule has 1 atom stereocenters. The minimum Gasteiger partial charge on any atom is -0.465 e. The Kier molecular flexibility index (Phi) is 7.28. The quantitative estimate of drug-likeness (QED) is 0.424. The fraction of sp³-hybridized carbons (Fsp3) is 0.333. The third kappa shape index (κ3) is 5.40. The molecule has 5 heteroatoms. The molecular formula is C27H33N2O2S+. The van der Waals surface area contributed by atoms with E-state index in [1.54, 1.807) is 0 Å². The summed E-state index contributed by atoms with van der Waals surface area (Å²) in [5.74, 6) is 0.870. The van der Waals surface area contributed by atoms with E-state index in [-0.39, 0.29) is 17.2 Å². The highest BCUT2D eigenvalue weighted by Gasteiger charge is 2.29. The van der Waals surface area contributed by atoms with Crippen LogP contribution in [0.1, 0.15) is 19.3 Å². The normalized spacial score (nSPS) is 16.1. The van der Waals surface area contributed by atoms with E-state index in [0.29, 0.717) is 0 Å². The van der Waals surface area contributed by atoms with Crippen LogP contribution >= 0.6 is 0 Å². The Hall–Kier alpha value is -2.63. The van der Waals surface area contributed by atoms with Gasteiger partial charge in [0.1, 0.15) is 5.75 Å². The Balaban J connectivity index is 1.63. The van der Waals surface area contributed by atoms with Crippen molar-refractivity contribution in [2.24, 2.45) is 0 Å². The fourth-order valence-electron chi connectivity index (χ4n) is 3.78. The summed E-state index contributed by atoms with van der Waals surface area (Å²) in [5, 5.41) is 0. The molecule has 4 nitrogen and oxygen atoms in total. The smallest absolute Gasteiger partial charge is 0.199 e. The lowest BCUT2D eigenvalue weighted by atomic mass is 10.2. The third-order valence-corrected chi connectivity index (χ3v) is 7.87. The average molecular weight is 450 g/mol. The van der Waals surface area contributed by atoms with Gasteiger partial charge < -0.3 is 19.3 Å². The molecule has 3 aromatic rings. The number of hydrogen-bond donors (Lipinski definition) is 0. The summed E-state index contributed by atoms with van der Waals surface area (Å²) in [5.41, 5.74) is 2.41. The maximum absolute atomic E-state index is 6.06. The largest absolute Gasteiger partial charge is 0.465 e. The third-order valence-electron chi connectivity index (χ3n) is 5.64. The Labute approximate surface area is 195 Å². The van der Waals surface area contributed by atoms with Crippen molar-refractivity contribution in [3.8, 4) is 5.75 Å².